The molecule has 0 amide bonds. The van der Waals surface area contributed by atoms with E-state index >= 15 is 0 Å². The largest absolute Gasteiger partial charge is 0.467 e. The predicted octanol–water partition coefficient (Wildman–Crippen LogP) is 4.88. The number of allylic oxidation sites excluding steroid dienone is 1. The summed E-state index contributed by atoms with van der Waals surface area (Å²) in [5.74, 6) is 0.708. The molecule has 0 unspecified atom stereocenters. The molecule has 118 valence electrons. The molecule has 0 spiro atoms. The van der Waals surface area contributed by atoms with Gasteiger partial charge in [0.25, 0.3) is 0 Å². The van der Waals surface area contributed by atoms with E-state index in [4.69, 9.17) is 21.1 Å². The van der Waals surface area contributed by atoms with Gasteiger partial charge in [-0.2, -0.15) is 5.26 Å². The Morgan fingerprint density at radius 1 is 1.33 bits per heavy atom. The Labute approximate surface area is 147 Å². The fourth-order valence-corrected chi connectivity index (χ4v) is 3.78. The van der Waals surface area contributed by atoms with E-state index in [0.717, 1.165) is 21.3 Å². The molecule has 0 radical (unpaired) electrons. The number of fused-ring (bicyclic) bond motifs is 2. The molecule has 2 aromatic carbocycles. The topological polar surface area (TPSA) is 55.1 Å². The first-order valence-electron chi connectivity index (χ1n) is 7.25. The normalized spacial score (nSPS) is 14.1. The summed E-state index contributed by atoms with van der Waals surface area (Å²) >= 11 is 7.67. The molecular weight excluding hydrogens is 344 g/mol. The summed E-state index contributed by atoms with van der Waals surface area (Å²) in [4.78, 5) is 4.54. The molecular formula is C18H11ClN2O2S. The lowest BCUT2D eigenvalue weighted by Gasteiger charge is -2.20. The molecule has 6 heteroatoms. The van der Waals surface area contributed by atoms with Gasteiger partial charge in [0, 0.05) is 16.1 Å². The minimum absolute atomic E-state index is 0.193. The van der Waals surface area contributed by atoms with Crippen molar-refractivity contribution in [2.24, 2.45) is 0 Å². The zero-order valence-corrected chi connectivity index (χ0v) is 14.0. The first-order chi connectivity index (χ1) is 11.7. The number of rotatable bonds is 2. The zero-order chi connectivity index (χ0) is 16.5. The number of thiazole rings is 1. The number of halogens is 1. The van der Waals surface area contributed by atoms with Gasteiger partial charge >= 0.3 is 0 Å². The zero-order valence-electron chi connectivity index (χ0n) is 12.5. The minimum Gasteiger partial charge on any atom is -0.467 e. The maximum atomic E-state index is 9.59. The lowest BCUT2D eigenvalue weighted by molar-refractivity contribution is -0.0165. The van der Waals surface area contributed by atoms with E-state index in [9.17, 15) is 5.26 Å². The van der Waals surface area contributed by atoms with E-state index < -0.39 is 0 Å². The van der Waals surface area contributed by atoms with E-state index in [0.29, 0.717) is 28.0 Å². The van der Waals surface area contributed by atoms with Gasteiger partial charge in [-0.3, -0.25) is 0 Å². The number of nitrogens with zero attached hydrogens (tertiary/aromatic N) is 2. The van der Waals surface area contributed by atoms with Crippen LogP contribution >= 0.6 is 22.9 Å². The number of nitriles is 1. The molecule has 2 heterocycles. The van der Waals surface area contributed by atoms with Crippen molar-refractivity contribution in [3.05, 3.63) is 57.6 Å². The molecule has 3 aromatic rings. The fourth-order valence-electron chi connectivity index (χ4n) is 2.60. The summed E-state index contributed by atoms with van der Waals surface area (Å²) in [7, 11) is 0. The monoisotopic (exact) mass is 354 g/mol. The SMILES string of the molecule is N#CC(=Cc1cc(Cl)cc2c1OCOC2)c1nc2ccccc2s1. The van der Waals surface area contributed by atoms with Crippen molar-refractivity contribution in [1.82, 2.24) is 4.98 Å². The van der Waals surface area contributed by atoms with Gasteiger partial charge in [0.1, 0.15) is 16.8 Å². The molecule has 0 fully saturated rings. The standard InChI is InChI=1S/C18H11ClN2O2S/c19-14-6-11(17-13(7-14)9-22-10-23-17)5-12(8-20)18-21-15-3-1-2-4-16(15)24-18/h1-7H,9-10H2. The number of ether oxygens (including phenoxy) is 2. The number of aromatic nitrogens is 1. The van der Waals surface area contributed by atoms with E-state index in [-0.39, 0.29) is 6.79 Å². The predicted molar refractivity (Wildman–Crippen MR) is 94.8 cm³/mol. The van der Waals surface area contributed by atoms with Gasteiger partial charge in [0.15, 0.2) is 6.79 Å². The van der Waals surface area contributed by atoms with Crippen LogP contribution < -0.4 is 4.74 Å². The van der Waals surface area contributed by atoms with Gasteiger partial charge in [-0.05, 0) is 30.3 Å². The number of hydrogen-bond acceptors (Lipinski definition) is 5. The van der Waals surface area contributed by atoms with Gasteiger partial charge < -0.3 is 9.47 Å². The Balaban J connectivity index is 1.84. The molecule has 0 atom stereocenters. The molecule has 0 aliphatic carbocycles. The van der Waals surface area contributed by atoms with Crippen LogP contribution in [0, 0.1) is 11.3 Å². The number of benzene rings is 2. The molecule has 0 bridgehead atoms. The summed E-state index contributed by atoms with van der Waals surface area (Å²) in [6.07, 6.45) is 1.77. The van der Waals surface area contributed by atoms with Gasteiger partial charge in [-0.1, -0.05) is 23.7 Å². The van der Waals surface area contributed by atoms with Crippen LogP contribution in [-0.4, -0.2) is 11.8 Å². The number of hydrogen-bond donors (Lipinski definition) is 0. The second kappa shape index (κ2) is 6.25. The van der Waals surface area contributed by atoms with Crippen LogP contribution in [0.3, 0.4) is 0 Å². The highest BCUT2D eigenvalue weighted by molar-refractivity contribution is 7.19. The van der Waals surface area contributed by atoms with E-state index in [1.165, 1.54) is 11.3 Å². The summed E-state index contributed by atoms with van der Waals surface area (Å²) in [6, 6.07) is 13.7. The van der Waals surface area contributed by atoms with E-state index in [1.54, 1.807) is 12.1 Å². The highest BCUT2D eigenvalue weighted by Crippen LogP contribution is 2.35. The van der Waals surface area contributed by atoms with E-state index in [1.807, 2.05) is 30.3 Å². The Morgan fingerprint density at radius 2 is 2.21 bits per heavy atom. The van der Waals surface area contributed by atoms with Crippen molar-refractivity contribution in [2.75, 3.05) is 6.79 Å². The van der Waals surface area contributed by atoms with E-state index in [2.05, 4.69) is 11.1 Å². The quantitative estimate of drug-likeness (QED) is 0.615. The molecule has 0 N–H and O–H groups in total. The van der Waals surface area contributed by atoms with Crippen LogP contribution in [0.25, 0.3) is 21.9 Å². The van der Waals surface area contributed by atoms with Gasteiger partial charge in [0.05, 0.1) is 22.4 Å². The fraction of sp³-hybridized carbons (Fsp3) is 0.111. The summed E-state index contributed by atoms with van der Waals surface area (Å²) in [6.45, 7) is 0.637. The number of para-hydroxylation sites is 1. The molecule has 4 rings (SSSR count). The second-order valence-electron chi connectivity index (χ2n) is 5.25. The molecule has 24 heavy (non-hydrogen) atoms. The van der Waals surface area contributed by atoms with Crippen LogP contribution in [0.4, 0.5) is 0 Å². The third kappa shape index (κ3) is 2.76. The van der Waals surface area contributed by atoms with Gasteiger partial charge in [-0.15, -0.1) is 11.3 Å². The molecule has 4 nitrogen and oxygen atoms in total. The molecule has 0 saturated heterocycles. The third-order valence-electron chi connectivity index (χ3n) is 3.65. The lowest BCUT2D eigenvalue weighted by Crippen LogP contribution is -2.12. The molecule has 1 aliphatic heterocycles. The lowest BCUT2D eigenvalue weighted by atomic mass is 10.1. The maximum absolute atomic E-state index is 9.59. The van der Waals surface area contributed by atoms with Crippen LogP contribution in [0.15, 0.2) is 36.4 Å². The third-order valence-corrected chi connectivity index (χ3v) is 4.94. The van der Waals surface area contributed by atoms with Crippen LogP contribution in [0.2, 0.25) is 5.02 Å². The van der Waals surface area contributed by atoms with Gasteiger partial charge in [0.2, 0.25) is 0 Å². The second-order valence-corrected chi connectivity index (χ2v) is 6.72. The summed E-state index contributed by atoms with van der Waals surface area (Å²) < 4.78 is 11.9. The average Bonchev–Trinajstić information content (AvgIpc) is 3.03. The summed E-state index contributed by atoms with van der Waals surface area (Å²) in [5.41, 5.74) is 3.00. The Morgan fingerprint density at radius 3 is 3.04 bits per heavy atom. The van der Waals surface area contributed by atoms with Gasteiger partial charge in [-0.25, -0.2) is 4.98 Å². The first-order valence-corrected chi connectivity index (χ1v) is 8.45. The van der Waals surface area contributed by atoms with Crippen molar-refractivity contribution in [1.29, 1.82) is 5.26 Å². The Kier molecular flexibility index (Phi) is 3.95. The maximum Gasteiger partial charge on any atom is 0.189 e. The smallest absolute Gasteiger partial charge is 0.189 e. The Hall–Kier alpha value is -2.39. The molecule has 1 aliphatic rings. The van der Waals surface area contributed by atoms with Crippen LogP contribution in [-0.2, 0) is 11.3 Å². The highest BCUT2D eigenvalue weighted by atomic mass is 35.5. The van der Waals surface area contributed by atoms with Crippen molar-refractivity contribution >= 4 is 44.8 Å². The van der Waals surface area contributed by atoms with Crippen molar-refractivity contribution in [3.8, 4) is 11.8 Å². The average molecular weight is 355 g/mol. The van der Waals surface area contributed by atoms with Crippen molar-refractivity contribution in [2.45, 2.75) is 6.61 Å². The van der Waals surface area contributed by atoms with Crippen molar-refractivity contribution in [3.63, 3.8) is 0 Å². The molecule has 1 aromatic heterocycles. The van der Waals surface area contributed by atoms with Crippen molar-refractivity contribution < 1.29 is 9.47 Å². The highest BCUT2D eigenvalue weighted by Gasteiger charge is 2.17. The minimum atomic E-state index is 0.193. The first kappa shape index (κ1) is 15.2. The van der Waals surface area contributed by atoms with Crippen LogP contribution in [0.1, 0.15) is 16.1 Å². The molecule has 0 saturated carbocycles. The van der Waals surface area contributed by atoms with Crippen LogP contribution in [0.5, 0.6) is 5.75 Å². The summed E-state index contributed by atoms with van der Waals surface area (Å²) in [5, 5.41) is 10.8. The Bertz CT molecular complexity index is 971.